The summed E-state index contributed by atoms with van der Waals surface area (Å²) in [5.41, 5.74) is 1.79. The predicted octanol–water partition coefficient (Wildman–Crippen LogP) is 2.53. The number of halogens is 1. The second kappa shape index (κ2) is 8.11. The average Bonchev–Trinajstić information content (AvgIpc) is 2.75. The van der Waals surface area contributed by atoms with E-state index in [1.807, 2.05) is 0 Å². The smallest absolute Gasteiger partial charge is 0.246 e. The molecule has 0 radical (unpaired) electrons. The molecule has 2 saturated carbocycles. The number of alkyl halides is 1. The van der Waals surface area contributed by atoms with Gasteiger partial charge in [-0.2, -0.15) is 0 Å². The molecular weight excluding hydrogens is 311 g/mol. The van der Waals surface area contributed by atoms with Crippen LogP contribution in [0.2, 0.25) is 0 Å². The number of rotatable bonds is 3. The van der Waals surface area contributed by atoms with Gasteiger partial charge >= 0.3 is 0 Å². The molecule has 1 amide bonds. The Morgan fingerprint density at radius 1 is 1.25 bits per heavy atom. The summed E-state index contributed by atoms with van der Waals surface area (Å²) in [4.78, 5) is 14.2. The van der Waals surface area contributed by atoms with Crippen LogP contribution in [0.3, 0.4) is 0 Å². The summed E-state index contributed by atoms with van der Waals surface area (Å²) in [5.74, 6) is 0.634. The first-order valence-corrected chi connectivity index (χ1v) is 9.50. The minimum absolute atomic E-state index is 0.107. The van der Waals surface area contributed by atoms with Crippen molar-refractivity contribution < 1.29 is 19.1 Å². The van der Waals surface area contributed by atoms with Crippen molar-refractivity contribution in [3.8, 4) is 0 Å². The van der Waals surface area contributed by atoms with E-state index < -0.39 is 6.17 Å². The van der Waals surface area contributed by atoms with Gasteiger partial charge in [0.1, 0.15) is 6.17 Å². The number of hydroxylamine groups is 1. The van der Waals surface area contributed by atoms with Crippen LogP contribution < -0.4 is 5.48 Å². The number of ether oxygens (including phenoxy) is 1. The summed E-state index contributed by atoms with van der Waals surface area (Å²) in [5, 5.41) is 8.85. The van der Waals surface area contributed by atoms with Crippen molar-refractivity contribution in [2.45, 2.75) is 70.2 Å². The standard InChI is InChI=1S/C18H31FN2O3/c1-12-11-24-17-8-14(18(22)20-23)4-5-15(17)10-21(12)9-13-2-6-16(19)7-3-13/h12-17,23H,2-11H2,1H3,(H,20,22)/t12-,13?,14?,15?,16?,17?/m0/s1. The molecule has 5 nitrogen and oxygen atoms in total. The first-order valence-electron chi connectivity index (χ1n) is 9.50. The van der Waals surface area contributed by atoms with Crippen molar-refractivity contribution in [2.24, 2.45) is 17.8 Å². The lowest BCUT2D eigenvalue weighted by molar-refractivity contribution is -0.137. The second-order valence-corrected chi connectivity index (χ2v) is 8.04. The van der Waals surface area contributed by atoms with Crippen LogP contribution >= 0.6 is 0 Å². The molecule has 2 N–H and O–H groups in total. The van der Waals surface area contributed by atoms with Crippen molar-refractivity contribution in [2.75, 3.05) is 19.7 Å². The molecule has 1 aliphatic heterocycles. The average molecular weight is 342 g/mol. The van der Waals surface area contributed by atoms with Gasteiger partial charge < -0.3 is 4.74 Å². The Balaban J connectivity index is 1.56. The highest BCUT2D eigenvalue weighted by Crippen LogP contribution is 2.35. The molecule has 3 unspecified atom stereocenters. The number of carbonyl (C=O) groups is 1. The molecule has 3 rings (SSSR count). The van der Waals surface area contributed by atoms with E-state index in [4.69, 9.17) is 9.94 Å². The molecule has 138 valence electrons. The van der Waals surface area contributed by atoms with Gasteiger partial charge in [0.15, 0.2) is 0 Å². The van der Waals surface area contributed by atoms with Crippen molar-refractivity contribution in [1.82, 2.24) is 10.4 Å². The van der Waals surface area contributed by atoms with Crippen molar-refractivity contribution in [1.29, 1.82) is 0 Å². The molecular formula is C18H31FN2O3. The van der Waals surface area contributed by atoms with Gasteiger partial charge in [-0.15, -0.1) is 0 Å². The van der Waals surface area contributed by atoms with Crippen LogP contribution in [0.15, 0.2) is 0 Å². The quantitative estimate of drug-likeness (QED) is 0.611. The Bertz CT molecular complexity index is 428. The van der Waals surface area contributed by atoms with Gasteiger partial charge in [-0.1, -0.05) is 0 Å². The van der Waals surface area contributed by atoms with Gasteiger partial charge in [0.25, 0.3) is 0 Å². The Morgan fingerprint density at radius 2 is 2.00 bits per heavy atom. The second-order valence-electron chi connectivity index (χ2n) is 8.04. The molecule has 2 aliphatic carbocycles. The third-order valence-corrected chi connectivity index (χ3v) is 6.32. The van der Waals surface area contributed by atoms with E-state index >= 15 is 0 Å². The molecule has 6 heteroatoms. The summed E-state index contributed by atoms with van der Waals surface area (Å²) in [6.45, 7) is 4.94. The van der Waals surface area contributed by atoms with E-state index in [2.05, 4.69) is 11.8 Å². The highest BCUT2D eigenvalue weighted by Gasteiger charge is 2.38. The lowest BCUT2D eigenvalue weighted by Gasteiger charge is -2.37. The number of carbonyl (C=O) groups excluding carboxylic acids is 1. The molecule has 0 aromatic heterocycles. The molecule has 24 heavy (non-hydrogen) atoms. The maximum atomic E-state index is 13.3. The number of hydrogen-bond donors (Lipinski definition) is 2. The van der Waals surface area contributed by atoms with Crippen LogP contribution in [0, 0.1) is 17.8 Å². The highest BCUT2D eigenvalue weighted by atomic mass is 19.1. The van der Waals surface area contributed by atoms with Crippen LogP contribution in [0.1, 0.15) is 51.9 Å². The van der Waals surface area contributed by atoms with E-state index in [1.54, 1.807) is 5.48 Å². The molecule has 0 bridgehead atoms. The number of nitrogens with one attached hydrogen (secondary N) is 1. The van der Waals surface area contributed by atoms with Crippen LogP contribution in [-0.2, 0) is 9.53 Å². The third kappa shape index (κ3) is 4.27. The van der Waals surface area contributed by atoms with Crippen LogP contribution in [0.4, 0.5) is 4.39 Å². The highest BCUT2D eigenvalue weighted by molar-refractivity contribution is 5.77. The van der Waals surface area contributed by atoms with Crippen LogP contribution in [-0.4, -0.2) is 54.0 Å². The fourth-order valence-electron chi connectivity index (χ4n) is 4.67. The van der Waals surface area contributed by atoms with E-state index in [9.17, 15) is 9.18 Å². The fourth-order valence-corrected chi connectivity index (χ4v) is 4.67. The summed E-state index contributed by atoms with van der Waals surface area (Å²) < 4.78 is 19.5. The zero-order valence-corrected chi connectivity index (χ0v) is 14.6. The summed E-state index contributed by atoms with van der Waals surface area (Å²) in [6.07, 6.45) is 5.41. The SMILES string of the molecule is C[C@H]1COC2CC(C(=O)NO)CCC2CN1CC1CCC(F)CC1. The first kappa shape index (κ1) is 18.1. The van der Waals surface area contributed by atoms with Crippen molar-refractivity contribution in [3.63, 3.8) is 0 Å². The van der Waals surface area contributed by atoms with Gasteiger partial charge in [-0.3, -0.25) is 14.9 Å². The number of fused-ring (bicyclic) bond motifs is 1. The maximum absolute atomic E-state index is 13.3. The lowest BCUT2D eigenvalue weighted by atomic mass is 9.79. The predicted molar refractivity (Wildman–Crippen MR) is 88.4 cm³/mol. The lowest BCUT2D eigenvalue weighted by Crippen LogP contribution is -2.43. The largest absolute Gasteiger partial charge is 0.376 e. The topological polar surface area (TPSA) is 61.8 Å². The molecule has 0 aromatic rings. The van der Waals surface area contributed by atoms with Gasteiger partial charge in [0, 0.05) is 25.0 Å². The maximum Gasteiger partial charge on any atom is 0.246 e. The first-order chi connectivity index (χ1) is 11.6. The van der Waals surface area contributed by atoms with Gasteiger partial charge in [0.05, 0.1) is 12.7 Å². The van der Waals surface area contributed by atoms with Gasteiger partial charge in [0.2, 0.25) is 5.91 Å². The van der Waals surface area contributed by atoms with E-state index in [1.165, 1.54) is 0 Å². The molecule has 0 spiro atoms. The molecule has 0 aromatic carbocycles. The van der Waals surface area contributed by atoms with Crippen LogP contribution in [0.25, 0.3) is 0 Å². The van der Waals surface area contributed by atoms with Crippen molar-refractivity contribution in [3.05, 3.63) is 0 Å². The van der Waals surface area contributed by atoms with Crippen LogP contribution in [0.5, 0.6) is 0 Å². The van der Waals surface area contributed by atoms with E-state index in [0.717, 1.165) is 38.8 Å². The summed E-state index contributed by atoms with van der Waals surface area (Å²) >= 11 is 0. The Hall–Kier alpha value is -0.720. The van der Waals surface area contributed by atoms with Crippen molar-refractivity contribution >= 4 is 5.91 Å². The molecule has 1 saturated heterocycles. The monoisotopic (exact) mass is 342 g/mol. The van der Waals surface area contributed by atoms with Gasteiger partial charge in [-0.25, -0.2) is 9.87 Å². The number of amides is 1. The third-order valence-electron chi connectivity index (χ3n) is 6.32. The zero-order chi connectivity index (χ0) is 17.1. The summed E-state index contributed by atoms with van der Waals surface area (Å²) in [6, 6.07) is 0.365. The Kier molecular flexibility index (Phi) is 6.11. The minimum Gasteiger partial charge on any atom is -0.376 e. The fraction of sp³-hybridized carbons (Fsp3) is 0.944. The van der Waals surface area contributed by atoms with E-state index in [-0.39, 0.29) is 17.9 Å². The molecule has 4 atom stereocenters. The molecule has 1 heterocycles. The molecule has 3 aliphatic rings. The number of hydrogen-bond acceptors (Lipinski definition) is 4. The minimum atomic E-state index is -0.594. The van der Waals surface area contributed by atoms with Gasteiger partial charge in [-0.05, 0) is 63.7 Å². The summed E-state index contributed by atoms with van der Waals surface area (Å²) in [7, 11) is 0. The Morgan fingerprint density at radius 3 is 2.71 bits per heavy atom. The van der Waals surface area contributed by atoms with E-state index in [0.29, 0.717) is 43.7 Å². The normalized spacial score (nSPS) is 41.3. The molecule has 3 fully saturated rings. The Labute approximate surface area is 143 Å². The zero-order valence-electron chi connectivity index (χ0n) is 14.6. The number of nitrogens with zero attached hydrogens (tertiary/aromatic N) is 1.